The van der Waals surface area contributed by atoms with Crippen LogP contribution in [0.4, 0.5) is 0 Å². The zero-order valence-corrected chi connectivity index (χ0v) is 15.8. The molecule has 25 heavy (non-hydrogen) atoms. The molecule has 0 nitrogen and oxygen atoms in total. The van der Waals surface area contributed by atoms with Gasteiger partial charge in [0.15, 0.2) is 0 Å². The van der Waals surface area contributed by atoms with Crippen molar-refractivity contribution < 1.29 is 5.48 Å². The molecule has 1 saturated carbocycles. The first kappa shape index (κ1) is 13.6. The topological polar surface area (TPSA) is 0 Å². The minimum Gasteiger partial charge on any atom is -0.0651 e. The van der Waals surface area contributed by atoms with E-state index in [1.807, 2.05) is 19.1 Å². The van der Waals surface area contributed by atoms with Gasteiger partial charge in [-0.3, -0.25) is 0 Å². The Labute approximate surface area is 160 Å². The molecule has 3 rings (SSSR count). The van der Waals surface area contributed by atoms with Crippen LogP contribution in [0.1, 0.15) is 75.4 Å². The summed E-state index contributed by atoms with van der Waals surface area (Å²) in [4.78, 5) is 0. The first-order chi connectivity index (χ1) is 14.0. The summed E-state index contributed by atoms with van der Waals surface area (Å²) in [7, 11) is 0. The lowest BCUT2D eigenvalue weighted by Crippen LogP contribution is -2.14. The molecule has 0 saturated heterocycles. The highest BCUT2D eigenvalue weighted by Crippen LogP contribution is 2.33. The highest BCUT2D eigenvalue weighted by Gasteiger charge is 2.19. The van der Waals surface area contributed by atoms with Crippen molar-refractivity contribution in [3.8, 4) is 11.1 Å². The van der Waals surface area contributed by atoms with E-state index < -0.39 is 0 Å². The van der Waals surface area contributed by atoms with Crippen molar-refractivity contribution in [1.29, 1.82) is 0 Å². The Morgan fingerprint density at radius 3 is 2.00 bits per heavy atom. The Morgan fingerprint density at radius 1 is 0.760 bits per heavy atom. The van der Waals surface area contributed by atoms with Gasteiger partial charge in [-0.15, -0.1) is 0 Å². The van der Waals surface area contributed by atoms with Crippen LogP contribution in [-0.2, 0) is 12.8 Å². The van der Waals surface area contributed by atoms with Gasteiger partial charge in [0, 0.05) is 0 Å². The zero-order chi connectivity index (χ0) is 21.0. The molecule has 2 aromatic rings. The Hall–Kier alpha value is -1.56. The van der Waals surface area contributed by atoms with Gasteiger partial charge in [0.2, 0.25) is 0 Å². The minimum atomic E-state index is 0.0786. The zero-order valence-electron chi connectivity index (χ0n) is 19.8. The summed E-state index contributed by atoms with van der Waals surface area (Å²) < 4.78 is 33.4. The molecule has 0 aliphatic heterocycles. The fourth-order valence-corrected chi connectivity index (χ4v) is 4.00. The summed E-state index contributed by atoms with van der Waals surface area (Å²) in [6.07, 6.45) is 10.5. The second-order valence-corrected chi connectivity index (χ2v) is 7.63. The molecular formula is C25H34. The number of hydrogen-bond acceptors (Lipinski definition) is 0. The third kappa shape index (κ3) is 5.21. The molecule has 0 amide bonds. The van der Waals surface area contributed by atoms with Crippen LogP contribution in [0.3, 0.4) is 0 Å². The van der Waals surface area contributed by atoms with Crippen molar-refractivity contribution >= 4 is 0 Å². The number of rotatable bonds is 7. The molecule has 0 atom stereocenters. The third-order valence-corrected chi connectivity index (χ3v) is 5.80. The molecule has 1 aliphatic rings. The fraction of sp³-hybridized carbons (Fsp3) is 0.520. The van der Waals surface area contributed by atoms with E-state index in [4.69, 9.17) is 5.48 Å². The van der Waals surface area contributed by atoms with E-state index in [-0.39, 0.29) is 24.2 Å². The summed E-state index contributed by atoms with van der Waals surface area (Å²) in [6.45, 7) is 4.30. The van der Waals surface area contributed by atoms with E-state index in [1.54, 1.807) is 0 Å². The van der Waals surface area contributed by atoms with Crippen LogP contribution < -0.4 is 0 Å². The van der Waals surface area contributed by atoms with Gasteiger partial charge < -0.3 is 0 Å². The van der Waals surface area contributed by atoms with Crippen LogP contribution in [0, 0.1) is 11.8 Å². The molecule has 0 aromatic heterocycles. The van der Waals surface area contributed by atoms with Crippen LogP contribution in [0.2, 0.25) is 0 Å². The van der Waals surface area contributed by atoms with E-state index in [0.29, 0.717) is 17.5 Å². The molecule has 0 radical (unpaired) electrons. The lowest BCUT2D eigenvalue weighted by molar-refractivity contribution is 0.259. The van der Waals surface area contributed by atoms with Crippen molar-refractivity contribution in [3.05, 3.63) is 59.6 Å². The van der Waals surface area contributed by atoms with Gasteiger partial charge >= 0.3 is 0 Å². The molecule has 134 valence electrons. The monoisotopic (exact) mass is 338 g/mol. The summed E-state index contributed by atoms with van der Waals surface area (Å²) in [5, 5.41) is 0. The summed E-state index contributed by atoms with van der Waals surface area (Å²) in [5.74, 6) is 1.79. The molecule has 1 fully saturated rings. The number of aryl methyl sites for hydroxylation is 1. The molecular weight excluding hydrogens is 300 g/mol. The van der Waals surface area contributed by atoms with E-state index >= 15 is 0 Å². The van der Waals surface area contributed by atoms with Crippen LogP contribution in [0.15, 0.2) is 48.4 Å². The van der Waals surface area contributed by atoms with Gasteiger partial charge in [0.05, 0.1) is 5.48 Å². The highest BCUT2D eigenvalue weighted by atomic mass is 14.2. The third-order valence-electron chi connectivity index (χ3n) is 5.80. The molecule has 0 heterocycles. The maximum atomic E-state index is 8.40. The van der Waals surface area contributed by atoms with Gasteiger partial charge in [-0.2, -0.15) is 0 Å². The van der Waals surface area contributed by atoms with Gasteiger partial charge in [-0.05, 0) is 53.4 Å². The van der Waals surface area contributed by atoms with Crippen molar-refractivity contribution in [2.24, 2.45) is 11.8 Å². The molecule has 0 N–H and O–H groups in total. The molecule has 2 aromatic carbocycles. The maximum Gasteiger partial charge on any atom is 0.0629 e. The van der Waals surface area contributed by atoms with Crippen molar-refractivity contribution in [1.82, 2.24) is 0 Å². The Morgan fingerprint density at radius 2 is 1.40 bits per heavy atom. The minimum absolute atomic E-state index is 0.0786. The summed E-state index contributed by atoms with van der Waals surface area (Å²) in [6, 6.07) is 8.49. The van der Waals surface area contributed by atoms with Gasteiger partial charge in [0.1, 0.15) is 0 Å². The fourth-order valence-electron chi connectivity index (χ4n) is 4.00. The molecule has 0 unspecified atom stereocenters. The molecule has 0 spiro atoms. The van der Waals surface area contributed by atoms with E-state index in [2.05, 4.69) is 19.1 Å². The maximum absolute atomic E-state index is 8.40. The Kier molecular flexibility index (Phi) is 5.02. The Bertz CT molecular complexity index is 789. The first-order valence-electron chi connectivity index (χ1n) is 12.1. The van der Waals surface area contributed by atoms with Crippen LogP contribution in [0.25, 0.3) is 11.1 Å². The Balaban J connectivity index is 1.72. The number of benzene rings is 2. The predicted molar refractivity (Wildman–Crippen MR) is 110 cm³/mol. The average Bonchev–Trinajstić information content (AvgIpc) is 2.75. The van der Waals surface area contributed by atoms with E-state index in [9.17, 15) is 0 Å². The van der Waals surface area contributed by atoms with Crippen molar-refractivity contribution in [2.75, 3.05) is 0 Å². The van der Waals surface area contributed by atoms with E-state index in [0.717, 1.165) is 30.2 Å². The highest BCUT2D eigenvalue weighted by molar-refractivity contribution is 5.63. The second kappa shape index (κ2) is 9.22. The lowest BCUT2D eigenvalue weighted by Gasteiger charge is -2.27. The SMILES string of the molecule is [2H]c1c([2H])c(-c2ccc(CCC3CCC(CC)CC3)cc2)c([2H])c([2H])c1CCC. The van der Waals surface area contributed by atoms with Crippen LogP contribution in [-0.4, -0.2) is 0 Å². The quantitative estimate of drug-likeness (QED) is 0.491. The van der Waals surface area contributed by atoms with Gasteiger partial charge in [-0.1, -0.05) is 101 Å². The average molecular weight is 339 g/mol. The van der Waals surface area contributed by atoms with Crippen LogP contribution in [0.5, 0.6) is 0 Å². The lowest BCUT2D eigenvalue weighted by atomic mass is 9.78. The first-order valence-corrected chi connectivity index (χ1v) is 10.1. The van der Waals surface area contributed by atoms with Crippen molar-refractivity contribution in [3.63, 3.8) is 0 Å². The number of hydrogen-bond donors (Lipinski definition) is 0. The predicted octanol–water partition coefficient (Wildman–Crippen LogP) is 7.46. The smallest absolute Gasteiger partial charge is 0.0629 e. The normalized spacial score (nSPS) is 22.8. The second-order valence-electron chi connectivity index (χ2n) is 7.63. The van der Waals surface area contributed by atoms with Crippen molar-refractivity contribution in [2.45, 2.75) is 71.6 Å². The molecule has 1 aliphatic carbocycles. The standard InChI is InChI=1S/C25H34/c1-3-5-21-12-16-24(17-13-21)25-18-14-23(15-19-25)11-10-22-8-6-20(4-2)7-9-22/h12-20,22H,3-11H2,1-2H3/i12D,13D,16D,17D. The molecule has 0 bridgehead atoms. The molecule has 0 heteroatoms. The summed E-state index contributed by atoms with van der Waals surface area (Å²) in [5.41, 5.74) is 3.02. The van der Waals surface area contributed by atoms with Gasteiger partial charge in [0.25, 0.3) is 0 Å². The van der Waals surface area contributed by atoms with Crippen LogP contribution >= 0.6 is 0 Å². The van der Waals surface area contributed by atoms with E-state index in [1.165, 1.54) is 44.1 Å². The van der Waals surface area contributed by atoms with Gasteiger partial charge in [-0.25, -0.2) is 0 Å². The summed E-state index contributed by atoms with van der Waals surface area (Å²) >= 11 is 0. The largest absolute Gasteiger partial charge is 0.0651 e.